The summed E-state index contributed by atoms with van der Waals surface area (Å²) >= 11 is 0. The van der Waals surface area contributed by atoms with Gasteiger partial charge in [-0.05, 0) is 54.0 Å². The second kappa shape index (κ2) is 4.93. The van der Waals surface area contributed by atoms with Gasteiger partial charge < -0.3 is 20.1 Å². The van der Waals surface area contributed by atoms with Gasteiger partial charge in [-0.2, -0.15) is 0 Å². The molecular weight excluding hydrogens is 320 g/mol. The van der Waals surface area contributed by atoms with Gasteiger partial charge in [0, 0.05) is 16.9 Å². The molecule has 0 saturated heterocycles. The third-order valence-corrected chi connectivity index (χ3v) is 6.72. The van der Waals surface area contributed by atoms with Crippen LogP contribution in [-0.4, -0.2) is 33.8 Å². The first kappa shape index (κ1) is 15.6. The van der Waals surface area contributed by atoms with E-state index in [1.165, 1.54) is 0 Å². The smallest absolute Gasteiger partial charge is 0.227 e. The summed E-state index contributed by atoms with van der Waals surface area (Å²) in [6.07, 6.45) is 0.696. The van der Waals surface area contributed by atoms with Gasteiger partial charge in [-0.15, -0.1) is 0 Å². The van der Waals surface area contributed by atoms with Gasteiger partial charge in [0.2, 0.25) is 5.78 Å². The molecule has 1 aliphatic heterocycles. The molecule has 3 aliphatic carbocycles. The van der Waals surface area contributed by atoms with Crippen LogP contribution in [0.25, 0.3) is 0 Å². The number of carbonyl (C=O) groups is 1. The Morgan fingerprint density at radius 3 is 2.48 bits per heavy atom. The monoisotopic (exact) mass is 342 g/mol. The van der Waals surface area contributed by atoms with E-state index in [4.69, 9.17) is 4.74 Å². The highest BCUT2D eigenvalue weighted by Crippen LogP contribution is 2.55. The van der Waals surface area contributed by atoms with E-state index in [-0.39, 0.29) is 17.1 Å². The van der Waals surface area contributed by atoms with E-state index in [1.54, 1.807) is 6.07 Å². The van der Waals surface area contributed by atoms with E-state index >= 15 is 0 Å². The second-order valence-corrected chi connectivity index (χ2v) is 8.06. The number of hydrogen-bond donors (Lipinski definition) is 3. The highest BCUT2D eigenvalue weighted by molar-refractivity contribution is 6.11. The first-order valence-electron chi connectivity index (χ1n) is 9.06. The zero-order valence-corrected chi connectivity index (χ0v) is 14.2. The summed E-state index contributed by atoms with van der Waals surface area (Å²) in [6.45, 7) is 2.46. The number of ether oxygens (including phenoxy) is 1. The van der Waals surface area contributed by atoms with Crippen LogP contribution >= 0.6 is 0 Å². The maximum Gasteiger partial charge on any atom is 0.227 e. The van der Waals surface area contributed by atoms with Gasteiger partial charge in [-0.1, -0.05) is 13.0 Å². The minimum absolute atomic E-state index is 0.127. The largest absolute Gasteiger partial charge is 0.489 e. The Morgan fingerprint density at radius 2 is 1.76 bits per heavy atom. The predicted molar refractivity (Wildman–Crippen MR) is 89.0 cm³/mol. The Kier molecular flexibility index (Phi) is 3.07. The maximum atomic E-state index is 13.0. The average Bonchev–Trinajstić information content (AvgIpc) is 3.06. The molecular formula is C20H22O5. The van der Waals surface area contributed by atoms with Crippen LogP contribution in [0.1, 0.15) is 71.9 Å². The Labute approximate surface area is 145 Å². The van der Waals surface area contributed by atoms with Crippen molar-refractivity contribution in [1.29, 1.82) is 0 Å². The number of benzene rings is 1. The number of rotatable bonds is 0. The number of Topliss-reactive ketones (excluding diaryl/α,β-unsaturated/α-hetero) is 1. The lowest BCUT2D eigenvalue weighted by Crippen LogP contribution is -2.43. The highest BCUT2D eigenvalue weighted by Gasteiger charge is 2.53. The molecule has 4 aliphatic rings. The van der Waals surface area contributed by atoms with Gasteiger partial charge >= 0.3 is 0 Å². The Bertz CT molecular complexity index is 826. The van der Waals surface area contributed by atoms with Crippen LogP contribution < -0.4 is 0 Å². The van der Waals surface area contributed by atoms with E-state index in [9.17, 15) is 20.1 Å². The fraction of sp³-hybridized carbons (Fsp3) is 0.550. The number of ketones is 1. The molecule has 0 spiro atoms. The molecule has 3 N–H and O–H groups in total. The zero-order chi connectivity index (χ0) is 17.5. The molecule has 1 aromatic rings. The van der Waals surface area contributed by atoms with Gasteiger partial charge in [0.1, 0.15) is 0 Å². The Hall–Kier alpha value is -1.69. The molecule has 1 fully saturated rings. The Morgan fingerprint density at radius 1 is 1.08 bits per heavy atom. The molecule has 1 saturated carbocycles. The molecule has 0 radical (unpaired) electrons. The summed E-state index contributed by atoms with van der Waals surface area (Å²) < 4.78 is 5.73. The molecule has 0 aromatic heterocycles. The van der Waals surface area contributed by atoms with E-state index in [2.05, 4.69) is 6.92 Å². The molecule has 25 heavy (non-hydrogen) atoms. The lowest BCUT2D eigenvalue weighted by atomic mass is 9.58. The third-order valence-electron chi connectivity index (χ3n) is 6.72. The van der Waals surface area contributed by atoms with Crippen molar-refractivity contribution in [3.05, 3.63) is 45.7 Å². The van der Waals surface area contributed by atoms with Crippen molar-refractivity contribution in [2.75, 3.05) is 6.61 Å². The summed E-state index contributed by atoms with van der Waals surface area (Å²) in [4.78, 5) is 13.0. The number of allylic oxidation sites excluding steroid dienone is 1. The van der Waals surface area contributed by atoms with Crippen molar-refractivity contribution in [3.63, 3.8) is 0 Å². The molecule has 5 nitrogen and oxygen atoms in total. The van der Waals surface area contributed by atoms with Gasteiger partial charge in [0.05, 0.1) is 24.9 Å². The van der Waals surface area contributed by atoms with E-state index < -0.39 is 18.3 Å². The van der Waals surface area contributed by atoms with E-state index in [0.29, 0.717) is 42.8 Å². The predicted octanol–water partition coefficient (Wildman–Crippen LogP) is 2.06. The molecule has 0 bridgehead atoms. The van der Waals surface area contributed by atoms with Crippen LogP contribution in [0.5, 0.6) is 0 Å². The first-order chi connectivity index (χ1) is 11.9. The molecule has 5 heteroatoms. The van der Waals surface area contributed by atoms with Gasteiger partial charge in [0.15, 0.2) is 5.76 Å². The van der Waals surface area contributed by atoms with Crippen LogP contribution in [0.2, 0.25) is 0 Å². The van der Waals surface area contributed by atoms with Crippen molar-refractivity contribution >= 4 is 5.78 Å². The number of fused-ring (bicyclic) bond motifs is 3. The molecule has 1 heterocycles. The SMILES string of the molecule is C[C@@]12CC[C@@H](O)[C@@H]3COC(=C31)C(=O)c1cc3c(cc12)[C@@H](O)CC[C@H]3O. The topological polar surface area (TPSA) is 87.0 Å². The van der Waals surface area contributed by atoms with Gasteiger partial charge in [0.25, 0.3) is 0 Å². The second-order valence-electron chi connectivity index (χ2n) is 8.06. The first-order valence-corrected chi connectivity index (χ1v) is 9.06. The van der Waals surface area contributed by atoms with Crippen LogP contribution in [0, 0.1) is 5.92 Å². The molecule has 1 aromatic carbocycles. The molecule has 5 atom stereocenters. The molecule has 132 valence electrons. The zero-order valence-electron chi connectivity index (χ0n) is 14.2. The summed E-state index contributed by atoms with van der Waals surface area (Å²) in [5, 5.41) is 31.1. The molecule has 5 rings (SSSR count). The van der Waals surface area contributed by atoms with Gasteiger partial charge in [-0.3, -0.25) is 4.79 Å². The van der Waals surface area contributed by atoms with Crippen LogP contribution in [0.4, 0.5) is 0 Å². The summed E-state index contributed by atoms with van der Waals surface area (Å²) in [7, 11) is 0. The van der Waals surface area contributed by atoms with E-state index in [0.717, 1.165) is 23.1 Å². The number of aliphatic hydroxyl groups is 3. The number of carbonyl (C=O) groups excluding carboxylic acids is 1. The quantitative estimate of drug-likeness (QED) is 0.672. The van der Waals surface area contributed by atoms with E-state index in [1.807, 2.05) is 6.07 Å². The van der Waals surface area contributed by atoms with Crippen molar-refractivity contribution in [3.8, 4) is 0 Å². The molecule has 0 amide bonds. The minimum atomic E-state index is -0.648. The van der Waals surface area contributed by atoms with Crippen molar-refractivity contribution in [2.45, 2.75) is 56.3 Å². The third kappa shape index (κ3) is 1.86. The average molecular weight is 342 g/mol. The lowest BCUT2D eigenvalue weighted by Gasteiger charge is -2.44. The highest BCUT2D eigenvalue weighted by atomic mass is 16.5. The fourth-order valence-corrected chi connectivity index (χ4v) is 5.31. The summed E-state index contributed by atoms with van der Waals surface area (Å²) in [5.74, 6) is 0.107. The Balaban J connectivity index is 1.76. The maximum absolute atomic E-state index is 13.0. The minimum Gasteiger partial charge on any atom is -0.489 e. The van der Waals surface area contributed by atoms with Gasteiger partial charge in [-0.25, -0.2) is 0 Å². The van der Waals surface area contributed by atoms with Crippen molar-refractivity contribution < 1.29 is 24.9 Å². The van der Waals surface area contributed by atoms with Crippen LogP contribution in [0.15, 0.2) is 23.5 Å². The standard InChI is InChI=1S/C20H22O5/c1-20-5-4-16(23)12-8-25-19(17(12)20)18(24)11-6-9-10(7-13(11)20)15(22)3-2-14(9)21/h6-7,12,14-16,21-23H,2-5,8H2,1H3/t12-,14+,15-,16+,20-/m0/s1. The lowest BCUT2D eigenvalue weighted by molar-refractivity contribution is 0.0629. The van der Waals surface area contributed by atoms with Crippen LogP contribution in [0.3, 0.4) is 0 Å². The normalized spacial score (nSPS) is 38.8. The number of hydrogen-bond acceptors (Lipinski definition) is 5. The fourth-order valence-electron chi connectivity index (χ4n) is 5.31. The molecule has 0 unspecified atom stereocenters. The van der Waals surface area contributed by atoms with Crippen molar-refractivity contribution in [2.24, 2.45) is 5.92 Å². The summed E-state index contributed by atoms with van der Waals surface area (Å²) in [6, 6.07) is 3.68. The van der Waals surface area contributed by atoms with Crippen molar-refractivity contribution in [1.82, 2.24) is 0 Å². The summed E-state index contributed by atoms with van der Waals surface area (Å²) in [5.41, 5.74) is 3.43. The van der Waals surface area contributed by atoms with Crippen LogP contribution in [-0.2, 0) is 10.2 Å². The number of aliphatic hydroxyl groups excluding tert-OH is 3.